The fraction of sp³-hybridized carbons (Fsp3) is 0.417. The lowest BCUT2D eigenvalue weighted by molar-refractivity contribution is -0.129. The van der Waals surface area contributed by atoms with Crippen molar-refractivity contribution in [2.24, 2.45) is 0 Å². The smallest absolute Gasteiger partial charge is 0.227 e. The number of nitrogens with zero attached hydrogens (tertiary/aromatic N) is 1. The number of carbonyl (C=O) groups excluding carboxylic acids is 1. The van der Waals surface area contributed by atoms with Crippen LogP contribution in [0.2, 0.25) is 0 Å². The van der Waals surface area contributed by atoms with Crippen molar-refractivity contribution in [3.63, 3.8) is 0 Å². The van der Waals surface area contributed by atoms with E-state index in [1.807, 2.05) is 4.90 Å². The molecular weight excluding hydrogens is 273 g/mol. The molecule has 1 heterocycles. The van der Waals surface area contributed by atoms with Gasteiger partial charge in [-0.25, -0.2) is 4.39 Å². The van der Waals surface area contributed by atoms with Crippen LogP contribution in [0, 0.1) is 5.82 Å². The quantitative estimate of drug-likeness (QED) is 0.818. The van der Waals surface area contributed by atoms with Crippen molar-refractivity contribution in [1.29, 1.82) is 0 Å². The van der Waals surface area contributed by atoms with Gasteiger partial charge in [0.25, 0.3) is 0 Å². The summed E-state index contributed by atoms with van der Waals surface area (Å²) in [5.74, 6) is -0.291. The van der Waals surface area contributed by atoms with Gasteiger partial charge in [-0.15, -0.1) is 0 Å². The molecule has 0 unspecified atom stereocenters. The molecule has 0 radical (unpaired) electrons. The fourth-order valence-corrected chi connectivity index (χ4v) is 2.24. The first kappa shape index (κ1) is 11.6. The molecule has 1 aliphatic rings. The van der Waals surface area contributed by atoms with Gasteiger partial charge in [-0.05, 0) is 30.5 Å². The van der Waals surface area contributed by atoms with Gasteiger partial charge < -0.3 is 4.90 Å². The predicted octanol–water partition coefficient (Wildman–Crippen LogP) is 2.75. The van der Waals surface area contributed by atoms with E-state index in [0.29, 0.717) is 10.0 Å². The molecule has 0 N–H and O–H groups in total. The molecule has 2 rings (SSSR count). The topological polar surface area (TPSA) is 20.3 Å². The predicted molar refractivity (Wildman–Crippen MR) is 63.6 cm³/mol. The summed E-state index contributed by atoms with van der Waals surface area (Å²) in [4.78, 5) is 13.6. The van der Waals surface area contributed by atoms with Gasteiger partial charge in [-0.1, -0.05) is 22.0 Å². The molecule has 0 aliphatic carbocycles. The van der Waals surface area contributed by atoms with E-state index in [9.17, 15) is 9.18 Å². The third kappa shape index (κ3) is 2.61. The highest BCUT2D eigenvalue weighted by molar-refractivity contribution is 9.10. The number of hydrogen-bond acceptors (Lipinski definition) is 1. The Morgan fingerprint density at radius 3 is 2.69 bits per heavy atom. The van der Waals surface area contributed by atoms with Gasteiger partial charge >= 0.3 is 0 Å². The highest BCUT2D eigenvalue weighted by Gasteiger charge is 2.19. The summed E-state index contributed by atoms with van der Waals surface area (Å²) in [5, 5.41) is 0. The van der Waals surface area contributed by atoms with Gasteiger partial charge in [0.15, 0.2) is 0 Å². The zero-order valence-corrected chi connectivity index (χ0v) is 10.5. The number of benzene rings is 1. The van der Waals surface area contributed by atoms with Crippen molar-refractivity contribution < 1.29 is 9.18 Å². The Morgan fingerprint density at radius 2 is 2.06 bits per heavy atom. The third-order valence-electron chi connectivity index (χ3n) is 2.82. The van der Waals surface area contributed by atoms with Crippen molar-refractivity contribution in [3.05, 3.63) is 34.1 Å². The Hall–Kier alpha value is -0.900. The van der Waals surface area contributed by atoms with Crippen LogP contribution in [0.15, 0.2) is 22.7 Å². The van der Waals surface area contributed by atoms with Gasteiger partial charge in [0, 0.05) is 17.6 Å². The lowest BCUT2D eigenvalue weighted by atomic mass is 10.1. The van der Waals surface area contributed by atoms with Crippen LogP contribution in [-0.4, -0.2) is 23.9 Å². The summed E-state index contributed by atoms with van der Waals surface area (Å²) in [7, 11) is 0. The SMILES string of the molecule is O=C(Cc1ccc(Br)cc1F)N1CCCC1. The number of halogens is 2. The molecule has 1 aromatic rings. The van der Waals surface area contributed by atoms with E-state index in [-0.39, 0.29) is 18.1 Å². The monoisotopic (exact) mass is 285 g/mol. The summed E-state index contributed by atoms with van der Waals surface area (Å²) in [6.45, 7) is 1.63. The summed E-state index contributed by atoms with van der Waals surface area (Å²) in [6, 6.07) is 4.82. The zero-order valence-electron chi connectivity index (χ0n) is 8.88. The van der Waals surface area contributed by atoms with Crippen molar-refractivity contribution in [2.75, 3.05) is 13.1 Å². The molecule has 0 bridgehead atoms. The molecule has 2 nitrogen and oxygen atoms in total. The highest BCUT2D eigenvalue weighted by Crippen LogP contribution is 2.17. The average Bonchev–Trinajstić information content (AvgIpc) is 2.75. The van der Waals surface area contributed by atoms with Crippen LogP contribution in [0.4, 0.5) is 4.39 Å². The maximum absolute atomic E-state index is 13.5. The maximum Gasteiger partial charge on any atom is 0.227 e. The standard InChI is InChI=1S/C12H13BrFNO/c13-10-4-3-9(11(14)8-10)7-12(16)15-5-1-2-6-15/h3-4,8H,1-2,5-7H2. The molecular formula is C12H13BrFNO. The normalized spacial score (nSPS) is 15.5. The van der Waals surface area contributed by atoms with Crippen molar-refractivity contribution >= 4 is 21.8 Å². The van der Waals surface area contributed by atoms with Crippen molar-refractivity contribution in [3.8, 4) is 0 Å². The fourth-order valence-electron chi connectivity index (χ4n) is 1.91. The zero-order chi connectivity index (χ0) is 11.5. The molecule has 0 atom stereocenters. The minimum absolute atomic E-state index is 0.0266. The summed E-state index contributed by atoms with van der Waals surface area (Å²) < 4.78 is 14.2. The van der Waals surface area contributed by atoms with Crippen LogP contribution < -0.4 is 0 Å². The number of rotatable bonds is 2. The molecule has 1 aromatic carbocycles. The van der Waals surface area contributed by atoms with E-state index < -0.39 is 0 Å². The van der Waals surface area contributed by atoms with E-state index in [2.05, 4.69) is 15.9 Å². The van der Waals surface area contributed by atoms with Crippen LogP contribution in [0.5, 0.6) is 0 Å². The second-order valence-corrected chi connectivity index (χ2v) is 4.92. The van der Waals surface area contributed by atoms with Crippen LogP contribution in [-0.2, 0) is 11.2 Å². The Bertz CT molecular complexity index is 402. The highest BCUT2D eigenvalue weighted by atomic mass is 79.9. The van der Waals surface area contributed by atoms with Crippen molar-refractivity contribution in [2.45, 2.75) is 19.3 Å². The van der Waals surface area contributed by atoms with Gasteiger partial charge in [-0.3, -0.25) is 4.79 Å². The van der Waals surface area contributed by atoms with Crippen LogP contribution in [0.3, 0.4) is 0 Å². The Kier molecular flexibility index (Phi) is 3.59. The molecule has 0 spiro atoms. The number of amides is 1. The van der Waals surface area contributed by atoms with Crippen LogP contribution in [0.1, 0.15) is 18.4 Å². The lowest BCUT2D eigenvalue weighted by Crippen LogP contribution is -2.29. The molecule has 1 fully saturated rings. The summed E-state index contributed by atoms with van der Waals surface area (Å²) >= 11 is 3.19. The molecule has 16 heavy (non-hydrogen) atoms. The first-order valence-electron chi connectivity index (χ1n) is 5.38. The molecule has 1 amide bonds. The largest absolute Gasteiger partial charge is 0.342 e. The molecule has 0 aromatic heterocycles. The van der Waals surface area contributed by atoms with E-state index in [4.69, 9.17) is 0 Å². The van der Waals surface area contributed by atoms with Crippen molar-refractivity contribution in [1.82, 2.24) is 4.90 Å². The number of hydrogen-bond donors (Lipinski definition) is 0. The summed E-state index contributed by atoms with van der Waals surface area (Å²) in [6.07, 6.45) is 2.29. The molecule has 0 saturated carbocycles. The van der Waals surface area contributed by atoms with Gasteiger partial charge in [0.05, 0.1) is 6.42 Å². The minimum Gasteiger partial charge on any atom is -0.342 e. The maximum atomic E-state index is 13.5. The Labute approximate surface area is 103 Å². The van der Waals surface area contributed by atoms with E-state index in [0.717, 1.165) is 25.9 Å². The molecule has 86 valence electrons. The van der Waals surface area contributed by atoms with Gasteiger partial charge in [0.1, 0.15) is 5.82 Å². The van der Waals surface area contributed by atoms with E-state index >= 15 is 0 Å². The van der Waals surface area contributed by atoms with Gasteiger partial charge in [-0.2, -0.15) is 0 Å². The summed E-state index contributed by atoms with van der Waals surface area (Å²) in [5.41, 5.74) is 0.472. The van der Waals surface area contributed by atoms with Gasteiger partial charge in [0.2, 0.25) is 5.91 Å². The number of carbonyl (C=O) groups is 1. The Balaban J connectivity index is 2.05. The average molecular weight is 286 g/mol. The minimum atomic E-state index is -0.318. The first-order chi connectivity index (χ1) is 7.66. The molecule has 4 heteroatoms. The molecule has 1 saturated heterocycles. The molecule has 1 aliphatic heterocycles. The van der Waals surface area contributed by atoms with Crippen LogP contribution >= 0.6 is 15.9 Å². The van der Waals surface area contributed by atoms with Crippen LogP contribution in [0.25, 0.3) is 0 Å². The van der Waals surface area contributed by atoms with E-state index in [1.165, 1.54) is 6.07 Å². The second-order valence-electron chi connectivity index (χ2n) is 4.00. The Morgan fingerprint density at radius 1 is 1.38 bits per heavy atom. The lowest BCUT2D eigenvalue weighted by Gasteiger charge is -2.15. The first-order valence-corrected chi connectivity index (χ1v) is 6.18. The van der Waals surface area contributed by atoms with E-state index in [1.54, 1.807) is 12.1 Å². The second kappa shape index (κ2) is 4.95. The third-order valence-corrected chi connectivity index (χ3v) is 3.31. The number of likely N-dealkylation sites (tertiary alicyclic amines) is 1.